The van der Waals surface area contributed by atoms with E-state index in [4.69, 9.17) is 0 Å². The SMILES string of the molecule is CCNc1cc(NCC(O)C(C)C)nc(C(C)C)n1. The van der Waals surface area contributed by atoms with Crippen molar-refractivity contribution in [1.82, 2.24) is 9.97 Å². The minimum atomic E-state index is -0.375. The molecule has 0 aromatic carbocycles. The molecule has 0 aliphatic heterocycles. The molecule has 0 radical (unpaired) electrons. The summed E-state index contributed by atoms with van der Waals surface area (Å²) in [4.78, 5) is 8.93. The minimum absolute atomic E-state index is 0.229. The maximum Gasteiger partial charge on any atom is 0.135 e. The topological polar surface area (TPSA) is 70.1 Å². The molecule has 5 nitrogen and oxygen atoms in total. The lowest BCUT2D eigenvalue weighted by Crippen LogP contribution is -2.25. The summed E-state index contributed by atoms with van der Waals surface area (Å²) in [6.45, 7) is 11.5. The van der Waals surface area contributed by atoms with Gasteiger partial charge in [-0.3, -0.25) is 0 Å². The number of anilines is 2. The number of hydrogen-bond acceptors (Lipinski definition) is 5. The molecular formula is C14H26N4O. The molecule has 19 heavy (non-hydrogen) atoms. The molecule has 1 atom stereocenters. The van der Waals surface area contributed by atoms with Crippen molar-refractivity contribution in [2.24, 2.45) is 5.92 Å². The molecule has 0 bridgehead atoms. The van der Waals surface area contributed by atoms with Gasteiger partial charge in [-0.15, -0.1) is 0 Å². The molecule has 5 heteroatoms. The maximum absolute atomic E-state index is 9.82. The molecule has 1 aromatic heterocycles. The first-order valence-corrected chi connectivity index (χ1v) is 6.98. The molecule has 0 aliphatic rings. The molecule has 3 N–H and O–H groups in total. The zero-order valence-electron chi connectivity index (χ0n) is 12.6. The molecule has 0 amide bonds. The predicted molar refractivity (Wildman–Crippen MR) is 79.6 cm³/mol. The summed E-state index contributed by atoms with van der Waals surface area (Å²) in [5, 5.41) is 16.2. The molecule has 0 saturated carbocycles. The van der Waals surface area contributed by atoms with Crippen molar-refractivity contribution < 1.29 is 5.11 Å². The Balaban J connectivity index is 2.81. The van der Waals surface area contributed by atoms with Crippen LogP contribution >= 0.6 is 0 Å². The molecule has 1 aromatic rings. The number of aromatic nitrogens is 2. The monoisotopic (exact) mass is 266 g/mol. The highest BCUT2D eigenvalue weighted by molar-refractivity contribution is 5.47. The predicted octanol–water partition coefficient (Wildman–Crippen LogP) is 2.46. The van der Waals surface area contributed by atoms with Crippen molar-refractivity contribution in [3.63, 3.8) is 0 Å². The zero-order valence-corrected chi connectivity index (χ0v) is 12.6. The average Bonchev–Trinajstić information content (AvgIpc) is 2.35. The van der Waals surface area contributed by atoms with E-state index in [1.54, 1.807) is 0 Å². The Morgan fingerprint density at radius 2 is 1.68 bits per heavy atom. The summed E-state index contributed by atoms with van der Waals surface area (Å²) in [5.41, 5.74) is 0. The molecular weight excluding hydrogens is 240 g/mol. The van der Waals surface area contributed by atoms with Crippen LogP contribution in [0.15, 0.2) is 6.07 Å². The molecule has 0 spiro atoms. The summed E-state index contributed by atoms with van der Waals surface area (Å²) in [6.07, 6.45) is -0.375. The van der Waals surface area contributed by atoms with Gasteiger partial charge in [-0.25, -0.2) is 9.97 Å². The van der Waals surface area contributed by atoms with Crippen LogP contribution in [-0.2, 0) is 0 Å². The average molecular weight is 266 g/mol. The number of nitrogens with one attached hydrogen (secondary N) is 2. The highest BCUT2D eigenvalue weighted by Gasteiger charge is 2.11. The van der Waals surface area contributed by atoms with Gasteiger partial charge in [0.25, 0.3) is 0 Å². The van der Waals surface area contributed by atoms with E-state index in [1.165, 1.54) is 0 Å². The van der Waals surface area contributed by atoms with Gasteiger partial charge in [-0.2, -0.15) is 0 Å². The van der Waals surface area contributed by atoms with E-state index in [0.29, 0.717) is 6.54 Å². The van der Waals surface area contributed by atoms with Crippen LogP contribution in [-0.4, -0.2) is 34.3 Å². The maximum atomic E-state index is 9.82. The Bertz CT molecular complexity index is 393. The van der Waals surface area contributed by atoms with Crippen LogP contribution in [0, 0.1) is 5.92 Å². The lowest BCUT2D eigenvalue weighted by atomic mass is 10.1. The van der Waals surface area contributed by atoms with Crippen molar-refractivity contribution in [2.45, 2.75) is 46.6 Å². The van der Waals surface area contributed by atoms with E-state index in [1.807, 2.05) is 26.8 Å². The highest BCUT2D eigenvalue weighted by Crippen LogP contribution is 2.17. The van der Waals surface area contributed by atoms with Crippen molar-refractivity contribution in [3.8, 4) is 0 Å². The van der Waals surface area contributed by atoms with E-state index in [9.17, 15) is 5.11 Å². The van der Waals surface area contributed by atoms with Crippen molar-refractivity contribution in [3.05, 3.63) is 11.9 Å². The Kier molecular flexibility index (Phi) is 6.02. The number of aliphatic hydroxyl groups is 1. The van der Waals surface area contributed by atoms with Gasteiger partial charge >= 0.3 is 0 Å². The van der Waals surface area contributed by atoms with Crippen LogP contribution in [0.4, 0.5) is 11.6 Å². The van der Waals surface area contributed by atoms with Gasteiger partial charge < -0.3 is 15.7 Å². The smallest absolute Gasteiger partial charge is 0.135 e. The second-order valence-electron chi connectivity index (χ2n) is 5.37. The molecule has 1 unspecified atom stereocenters. The lowest BCUT2D eigenvalue weighted by molar-refractivity contribution is 0.138. The normalized spacial score (nSPS) is 12.8. The van der Waals surface area contributed by atoms with Gasteiger partial charge in [0.1, 0.15) is 17.5 Å². The Morgan fingerprint density at radius 3 is 2.16 bits per heavy atom. The molecule has 1 heterocycles. The molecule has 1 rings (SSSR count). The van der Waals surface area contributed by atoms with Gasteiger partial charge in [0.2, 0.25) is 0 Å². The summed E-state index contributed by atoms with van der Waals surface area (Å²) >= 11 is 0. The Labute approximate surface area is 115 Å². The fraction of sp³-hybridized carbons (Fsp3) is 0.714. The second kappa shape index (κ2) is 7.28. The third-order valence-corrected chi connectivity index (χ3v) is 2.88. The first kappa shape index (κ1) is 15.7. The van der Waals surface area contributed by atoms with Gasteiger partial charge in [0.05, 0.1) is 6.10 Å². The quantitative estimate of drug-likeness (QED) is 0.707. The summed E-state index contributed by atoms with van der Waals surface area (Å²) in [7, 11) is 0. The van der Waals surface area contributed by atoms with Crippen LogP contribution in [0.25, 0.3) is 0 Å². The van der Waals surface area contributed by atoms with Crippen molar-refractivity contribution >= 4 is 11.6 Å². The largest absolute Gasteiger partial charge is 0.391 e. The summed E-state index contributed by atoms with van der Waals surface area (Å²) in [5.74, 6) is 2.89. The minimum Gasteiger partial charge on any atom is -0.391 e. The first-order chi connectivity index (χ1) is 8.93. The van der Waals surface area contributed by atoms with Crippen LogP contribution in [0.2, 0.25) is 0 Å². The summed E-state index contributed by atoms with van der Waals surface area (Å²) < 4.78 is 0. The fourth-order valence-corrected chi connectivity index (χ4v) is 1.53. The van der Waals surface area contributed by atoms with E-state index in [2.05, 4.69) is 34.4 Å². The van der Waals surface area contributed by atoms with E-state index >= 15 is 0 Å². The zero-order chi connectivity index (χ0) is 14.4. The molecule has 108 valence electrons. The Morgan fingerprint density at radius 1 is 1.11 bits per heavy atom. The first-order valence-electron chi connectivity index (χ1n) is 6.98. The van der Waals surface area contributed by atoms with E-state index < -0.39 is 0 Å². The number of rotatable bonds is 7. The van der Waals surface area contributed by atoms with Crippen molar-refractivity contribution in [1.29, 1.82) is 0 Å². The van der Waals surface area contributed by atoms with E-state index in [0.717, 1.165) is 24.0 Å². The van der Waals surface area contributed by atoms with Crippen LogP contribution in [0.5, 0.6) is 0 Å². The van der Waals surface area contributed by atoms with Crippen LogP contribution in [0.3, 0.4) is 0 Å². The molecule has 0 fully saturated rings. The van der Waals surface area contributed by atoms with Crippen molar-refractivity contribution in [2.75, 3.05) is 23.7 Å². The standard InChI is InChI=1S/C14H26N4O/c1-6-15-12-7-13(16-8-11(19)9(2)3)18-14(17-12)10(4)5/h7,9-11,19H,6,8H2,1-5H3,(H2,15,16,17,18). The third kappa shape index (κ3) is 5.03. The number of aliphatic hydroxyl groups excluding tert-OH is 1. The van der Waals surface area contributed by atoms with Crippen LogP contribution < -0.4 is 10.6 Å². The summed E-state index contributed by atoms with van der Waals surface area (Å²) in [6, 6.07) is 1.88. The number of nitrogens with zero attached hydrogens (tertiary/aromatic N) is 2. The fourth-order valence-electron chi connectivity index (χ4n) is 1.53. The molecule has 0 saturated heterocycles. The van der Waals surface area contributed by atoms with Gasteiger partial charge in [0, 0.05) is 25.1 Å². The Hall–Kier alpha value is -1.36. The van der Waals surface area contributed by atoms with E-state index in [-0.39, 0.29) is 17.9 Å². The third-order valence-electron chi connectivity index (χ3n) is 2.88. The van der Waals surface area contributed by atoms with Gasteiger partial charge in [-0.1, -0.05) is 27.7 Å². The number of hydrogen-bond donors (Lipinski definition) is 3. The lowest BCUT2D eigenvalue weighted by Gasteiger charge is -2.17. The second-order valence-corrected chi connectivity index (χ2v) is 5.37. The highest BCUT2D eigenvalue weighted by atomic mass is 16.3. The van der Waals surface area contributed by atoms with Gasteiger partial charge in [0.15, 0.2) is 0 Å². The van der Waals surface area contributed by atoms with Crippen LogP contribution in [0.1, 0.15) is 46.4 Å². The molecule has 0 aliphatic carbocycles. The van der Waals surface area contributed by atoms with Gasteiger partial charge in [-0.05, 0) is 12.8 Å².